The zero-order valence-corrected chi connectivity index (χ0v) is 15.3. The van der Waals surface area contributed by atoms with Crippen LogP contribution in [0.1, 0.15) is 39.0 Å². The molecule has 1 amide bonds. The number of aromatic nitrogens is 1. The van der Waals surface area contributed by atoms with Gasteiger partial charge in [-0.25, -0.2) is 9.79 Å². The number of pyridine rings is 1. The third-order valence-electron chi connectivity index (χ3n) is 2.93. The fourth-order valence-electron chi connectivity index (χ4n) is 1.84. The molecule has 0 aliphatic carbocycles. The first kappa shape index (κ1) is 19.7. The average molecular weight is 335 g/mol. The Hall–Kier alpha value is -2.31. The van der Waals surface area contributed by atoms with Crippen LogP contribution in [0, 0.1) is 6.92 Å². The average Bonchev–Trinajstić information content (AvgIpc) is 2.48. The van der Waals surface area contributed by atoms with Crippen LogP contribution in [-0.2, 0) is 11.3 Å². The molecule has 0 aromatic carbocycles. The lowest BCUT2D eigenvalue weighted by atomic mass is 10.2. The topological polar surface area (TPSA) is 87.6 Å². The molecule has 3 N–H and O–H groups in total. The minimum atomic E-state index is -0.492. The monoisotopic (exact) mass is 335 g/mol. The Morgan fingerprint density at radius 2 is 1.96 bits per heavy atom. The predicted molar refractivity (Wildman–Crippen MR) is 96.0 cm³/mol. The number of ether oxygens (including phenoxy) is 1. The van der Waals surface area contributed by atoms with Crippen LogP contribution in [0.25, 0.3) is 0 Å². The van der Waals surface area contributed by atoms with Gasteiger partial charge in [0.15, 0.2) is 5.96 Å². The van der Waals surface area contributed by atoms with Crippen LogP contribution >= 0.6 is 0 Å². The van der Waals surface area contributed by atoms with E-state index in [4.69, 9.17) is 4.74 Å². The first-order chi connectivity index (χ1) is 11.3. The van der Waals surface area contributed by atoms with Gasteiger partial charge in [0.05, 0.1) is 12.2 Å². The van der Waals surface area contributed by atoms with E-state index in [0.29, 0.717) is 25.6 Å². The number of nitrogens with zero attached hydrogens (tertiary/aromatic N) is 2. The first-order valence-electron chi connectivity index (χ1n) is 8.21. The number of hydrogen-bond donors (Lipinski definition) is 3. The first-order valence-corrected chi connectivity index (χ1v) is 8.21. The van der Waals surface area contributed by atoms with Crippen molar-refractivity contribution in [2.75, 3.05) is 19.6 Å². The largest absolute Gasteiger partial charge is 0.444 e. The number of rotatable bonds is 6. The second kappa shape index (κ2) is 9.75. The fourth-order valence-corrected chi connectivity index (χ4v) is 1.84. The number of aryl methyl sites for hydroxylation is 1. The lowest BCUT2D eigenvalue weighted by molar-refractivity contribution is 0.0529. The molecule has 1 aromatic heterocycles. The molecular weight excluding hydrogens is 306 g/mol. The predicted octanol–water partition coefficient (Wildman–Crippen LogP) is 1.97. The molecule has 7 heteroatoms. The second-order valence-electron chi connectivity index (χ2n) is 6.32. The summed E-state index contributed by atoms with van der Waals surface area (Å²) >= 11 is 0. The molecule has 1 rings (SSSR count). The number of amides is 1. The SMILES string of the molecule is CCNC(=NCc1ncccc1C)NCCNC(=O)OC(C)(C)C. The lowest BCUT2D eigenvalue weighted by Crippen LogP contribution is -2.42. The van der Waals surface area contributed by atoms with Crippen molar-refractivity contribution < 1.29 is 9.53 Å². The van der Waals surface area contributed by atoms with E-state index in [-0.39, 0.29) is 0 Å². The zero-order valence-electron chi connectivity index (χ0n) is 15.3. The Labute approximate surface area is 144 Å². The van der Waals surface area contributed by atoms with Crippen LogP contribution < -0.4 is 16.0 Å². The van der Waals surface area contributed by atoms with Gasteiger partial charge in [-0.15, -0.1) is 0 Å². The van der Waals surface area contributed by atoms with E-state index in [1.807, 2.05) is 46.8 Å². The molecule has 7 nitrogen and oxygen atoms in total. The highest BCUT2D eigenvalue weighted by Gasteiger charge is 2.15. The Bertz CT molecular complexity index is 552. The molecule has 0 aliphatic rings. The zero-order chi connectivity index (χ0) is 18.0. The van der Waals surface area contributed by atoms with Gasteiger partial charge < -0.3 is 20.7 Å². The van der Waals surface area contributed by atoms with Crippen molar-refractivity contribution in [3.8, 4) is 0 Å². The summed E-state index contributed by atoms with van der Waals surface area (Å²) in [6.07, 6.45) is 1.35. The van der Waals surface area contributed by atoms with Gasteiger partial charge in [0.2, 0.25) is 0 Å². The van der Waals surface area contributed by atoms with Crippen LogP contribution in [-0.4, -0.2) is 42.3 Å². The molecule has 0 atom stereocenters. The molecule has 134 valence electrons. The number of alkyl carbamates (subject to hydrolysis) is 1. The molecular formula is C17H29N5O2. The van der Waals surface area contributed by atoms with Crippen LogP contribution in [0.2, 0.25) is 0 Å². The van der Waals surface area contributed by atoms with E-state index >= 15 is 0 Å². The van der Waals surface area contributed by atoms with E-state index in [1.165, 1.54) is 0 Å². The van der Waals surface area contributed by atoms with Crippen molar-refractivity contribution in [1.82, 2.24) is 20.9 Å². The summed E-state index contributed by atoms with van der Waals surface area (Å²) in [5, 5.41) is 9.04. The molecule has 0 saturated heterocycles. The highest BCUT2D eigenvalue weighted by atomic mass is 16.6. The summed E-state index contributed by atoms with van der Waals surface area (Å²) in [5.41, 5.74) is 1.57. The molecule has 0 aliphatic heterocycles. The normalized spacial score (nSPS) is 11.8. The maximum absolute atomic E-state index is 11.6. The van der Waals surface area contributed by atoms with Gasteiger partial charge in [-0.2, -0.15) is 0 Å². The van der Waals surface area contributed by atoms with Crippen molar-refractivity contribution in [3.63, 3.8) is 0 Å². The van der Waals surface area contributed by atoms with Gasteiger partial charge in [-0.1, -0.05) is 6.07 Å². The van der Waals surface area contributed by atoms with E-state index < -0.39 is 11.7 Å². The minimum absolute atomic E-state index is 0.421. The van der Waals surface area contributed by atoms with E-state index in [2.05, 4.69) is 25.9 Å². The van der Waals surface area contributed by atoms with Gasteiger partial charge in [0, 0.05) is 25.8 Å². The quantitative estimate of drug-likeness (QED) is 0.420. The number of aliphatic imine (C=N–C) groups is 1. The van der Waals surface area contributed by atoms with Crippen molar-refractivity contribution in [3.05, 3.63) is 29.6 Å². The van der Waals surface area contributed by atoms with Gasteiger partial charge in [-0.05, 0) is 46.2 Å². The summed E-state index contributed by atoms with van der Waals surface area (Å²) in [4.78, 5) is 20.4. The van der Waals surface area contributed by atoms with Crippen LogP contribution in [0.5, 0.6) is 0 Å². The highest BCUT2D eigenvalue weighted by Crippen LogP contribution is 2.06. The van der Waals surface area contributed by atoms with Crippen molar-refractivity contribution in [1.29, 1.82) is 0 Å². The van der Waals surface area contributed by atoms with Crippen molar-refractivity contribution in [2.24, 2.45) is 4.99 Å². The van der Waals surface area contributed by atoms with Crippen LogP contribution in [0.4, 0.5) is 4.79 Å². The van der Waals surface area contributed by atoms with E-state index in [0.717, 1.165) is 17.8 Å². The number of hydrogen-bond acceptors (Lipinski definition) is 4. The minimum Gasteiger partial charge on any atom is -0.444 e. The Kier molecular flexibility index (Phi) is 8.01. The Balaban J connectivity index is 2.42. The maximum Gasteiger partial charge on any atom is 0.407 e. The maximum atomic E-state index is 11.6. The van der Waals surface area contributed by atoms with Crippen molar-refractivity contribution in [2.45, 2.75) is 46.8 Å². The summed E-state index contributed by atoms with van der Waals surface area (Å²) in [7, 11) is 0. The summed E-state index contributed by atoms with van der Waals surface area (Å²) < 4.78 is 5.18. The van der Waals surface area contributed by atoms with Gasteiger partial charge in [-0.3, -0.25) is 4.98 Å². The number of carbonyl (C=O) groups excluding carboxylic acids is 1. The molecule has 0 radical (unpaired) electrons. The molecule has 0 unspecified atom stereocenters. The Morgan fingerprint density at radius 3 is 2.58 bits per heavy atom. The molecule has 1 heterocycles. The van der Waals surface area contributed by atoms with E-state index in [9.17, 15) is 4.79 Å². The number of guanidine groups is 1. The molecule has 1 aromatic rings. The summed E-state index contributed by atoms with van der Waals surface area (Å²) in [6.45, 7) is 11.8. The van der Waals surface area contributed by atoms with Gasteiger partial charge in [0.25, 0.3) is 0 Å². The number of nitrogens with one attached hydrogen (secondary N) is 3. The summed E-state index contributed by atoms with van der Waals surface area (Å²) in [5.74, 6) is 0.688. The third-order valence-corrected chi connectivity index (χ3v) is 2.93. The molecule has 0 saturated carbocycles. The second-order valence-corrected chi connectivity index (χ2v) is 6.32. The molecule has 0 spiro atoms. The van der Waals surface area contributed by atoms with Crippen LogP contribution in [0.15, 0.2) is 23.3 Å². The van der Waals surface area contributed by atoms with Gasteiger partial charge in [0.1, 0.15) is 5.60 Å². The highest BCUT2D eigenvalue weighted by molar-refractivity contribution is 5.79. The smallest absolute Gasteiger partial charge is 0.407 e. The third kappa shape index (κ3) is 8.36. The summed E-state index contributed by atoms with van der Waals surface area (Å²) in [6, 6.07) is 3.93. The Morgan fingerprint density at radius 1 is 1.25 bits per heavy atom. The fraction of sp³-hybridized carbons (Fsp3) is 0.588. The van der Waals surface area contributed by atoms with E-state index in [1.54, 1.807) is 6.20 Å². The van der Waals surface area contributed by atoms with Gasteiger partial charge >= 0.3 is 6.09 Å². The lowest BCUT2D eigenvalue weighted by Gasteiger charge is -2.19. The van der Waals surface area contributed by atoms with Crippen LogP contribution in [0.3, 0.4) is 0 Å². The van der Waals surface area contributed by atoms with Crippen molar-refractivity contribution >= 4 is 12.1 Å². The molecule has 0 bridgehead atoms. The number of carbonyl (C=O) groups is 1. The molecule has 24 heavy (non-hydrogen) atoms. The molecule has 0 fully saturated rings. The standard InChI is InChI=1S/C17H29N5O2/c1-6-18-15(22-12-14-13(2)8-7-9-19-14)20-10-11-21-16(23)24-17(3,4)5/h7-9H,6,10-12H2,1-5H3,(H,21,23)(H2,18,20,22).